The van der Waals surface area contributed by atoms with Crippen molar-refractivity contribution in [3.05, 3.63) is 29.6 Å². The van der Waals surface area contributed by atoms with Crippen LogP contribution in [-0.2, 0) is 5.60 Å². The van der Waals surface area contributed by atoms with Gasteiger partial charge in [0.2, 0.25) is 0 Å². The van der Waals surface area contributed by atoms with Gasteiger partial charge in [0, 0.05) is 11.3 Å². The van der Waals surface area contributed by atoms with Gasteiger partial charge in [-0.25, -0.2) is 4.39 Å². The number of thioether (sulfide) groups is 1. The SMILES string of the molecule is OC1(c2cccc(OC(F)(F)F)c2F)CCSC1. The Morgan fingerprint density at radius 3 is 2.61 bits per heavy atom. The molecule has 1 saturated heterocycles. The van der Waals surface area contributed by atoms with Crippen molar-refractivity contribution in [2.24, 2.45) is 0 Å². The van der Waals surface area contributed by atoms with E-state index < -0.39 is 23.5 Å². The molecule has 1 aromatic rings. The molecule has 0 amide bonds. The zero-order valence-corrected chi connectivity index (χ0v) is 9.95. The van der Waals surface area contributed by atoms with Gasteiger partial charge in [0.05, 0.1) is 0 Å². The summed E-state index contributed by atoms with van der Waals surface area (Å²) in [4.78, 5) is 0. The van der Waals surface area contributed by atoms with Crippen molar-refractivity contribution < 1.29 is 27.4 Å². The first-order valence-corrected chi connectivity index (χ1v) is 6.32. The number of hydrogen-bond acceptors (Lipinski definition) is 3. The Morgan fingerprint density at radius 1 is 1.33 bits per heavy atom. The highest BCUT2D eigenvalue weighted by Gasteiger charge is 2.38. The Bertz CT molecular complexity index is 441. The molecule has 0 saturated carbocycles. The molecule has 0 aliphatic carbocycles. The number of alkyl halides is 3. The van der Waals surface area contributed by atoms with E-state index in [0.29, 0.717) is 12.2 Å². The van der Waals surface area contributed by atoms with Crippen LogP contribution in [0.2, 0.25) is 0 Å². The highest BCUT2D eigenvalue weighted by Crippen LogP contribution is 2.40. The topological polar surface area (TPSA) is 29.5 Å². The highest BCUT2D eigenvalue weighted by molar-refractivity contribution is 7.99. The van der Waals surface area contributed by atoms with Crippen LogP contribution < -0.4 is 4.74 Å². The van der Waals surface area contributed by atoms with Crippen molar-refractivity contribution in [1.82, 2.24) is 0 Å². The van der Waals surface area contributed by atoms with Crippen molar-refractivity contribution in [3.63, 3.8) is 0 Å². The van der Waals surface area contributed by atoms with E-state index in [0.717, 1.165) is 6.07 Å². The molecule has 2 nitrogen and oxygen atoms in total. The Hall–Kier alpha value is -0.950. The summed E-state index contributed by atoms with van der Waals surface area (Å²) in [5, 5.41) is 10.2. The van der Waals surface area contributed by atoms with Crippen molar-refractivity contribution in [2.75, 3.05) is 11.5 Å². The van der Waals surface area contributed by atoms with Gasteiger partial charge < -0.3 is 9.84 Å². The van der Waals surface area contributed by atoms with Crippen LogP contribution in [0.15, 0.2) is 18.2 Å². The standard InChI is InChI=1S/C11H10F4O2S/c12-9-7(10(16)4-5-18-6-10)2-1-3-8(9)17-11(13,14)15/h1-3,16H,4-6H2. The second-order valence-electron chi connectivity index (χ2n) is 4.00. The molecule has 1 atom stereocenters. The van der Waals surface area contributed by atoms with Gasteiger partial charge in [-0.1, -0.05) is 12.1 Å². The Balaban J connectivity index is 2.36. The number of aliphatic hydroxyl groups is 1. The van der Waals surface area contributed by atoms with Crippen LogP contribution in [-0.4, -0.2) is 23.0 Å². The number of benzene rings is 1. The minimum Gasteiger partial charge on any atom is -0.403 e. The van der Waals surface area contributed by atoms with Crippen LogP contribution >= 0.6 is 11.8 Å². The summed E-state index contributed by atoms with van der Waals surface area (Å²) in [6, 6.07) is 3.41. The molecule has 1 heterocycles. The van der Waals surface area contributed by atoms with Crippen molar-refractivity contribution >= 4 is 11.8 Å². The maximum Gasteiger partial charge on any atom is 0.573 e. The number of halogens is 4. The van der Waals surface area contributed by atoms with Crippen molar-refractivity contribution in [1.29, 1.82) is 0 Å². The Kier molecular flexibility index (Phi) is 3.46. The van der Waals surface area contributed by atoms with E-state index in [4.69, 9.17) is 0 Å². The maximum absolute atomic E-state index is 13.9. The van der Waals surface area contributed by atoms with E-state index in [1.54, 1.807) is 0 Å². The first kappa shape index (κ1) is 13.5. The van der Waals surface area contributed by atoms with E-state index in [2.05, 4.69) is 4.74 Å². The van der Waals surface area contributed by atoms with Crippen LogP contribution in [0.1, 0.15) is 12.0 Å². The molecular weight excluding hydrogens is 272 g/mol. The first-order valence-electron chi connectivity index (χ1n) is 5.17. The summed E-state index contributed by atoms with van der Waals surface area (Å²) in [6.45, 7) is 0. The minimum atomic E-state index is -4.95. The zero-order chi connectivity index (χ0) is 13.4. The Labute approximate surface area is 105 Å². The minimum absolute atomic E-state index is 0.144. The van der Waals surface area contributed by atoms with E-state index in [9.17, 15) is 22.7 Å². The van der Waals surface area contributed by atoms with Crippen LogP contribution in [0.5, 0.6) is 5.75 Å². The normalized spacial score (nSPS) is 24.3. The van der Waals surface area contributed by atoms with Gasteiger partial charge in [0.25, 0.3) is 0 Å². The van der Waals surface area contributed by atoms with Crippen molar-refractivity contribution in [3.8, 4) is 5.75 Å². The molecular formula is C11H10F4O2S. The van der Waals surface area contributed by atoms with Crippen LogP contribution in [0.4, 0.5) is 17.6 Å². The fraction of sp³-hybridized carbons (Fsp3) is 0.455. The number of ether oxygens (including phenoxy) is 1. The molecule has 0 radical (unpaired) electrons. The zero-order valence-electron chi connectivity index (χ0n) is 9.13. The van der Waals surface area contributed by atoms with Crippen LogP contribution in [0.3, 0.4) is 0 Å². The quantitative estimate of drug-likeness (QED) is 0.845. The molecule has 0 aromatic heterocycles. The summed E-state index contributed by atoms with van der Waals surface area (Å²) in [7, 11) is 0. The summed E-state index contributed by atoms with van der Waals surface area (Å²) in [5.41, 5.74) is -1.56. The van der Waals surface area contributed by atoms with Gasteiger partial charge >= 0.3 is 6.36 Å². The molecule has 1 aliphatic rings. The summed E-state index contributed by atoms with van der Waals surface area (Å²) in [5.74, 6) is -1.16. The van der Waals surface area contributed by atoms with E-state index in [1.807, 2.05) is 0 Å². The van der Waals surface area contributed by atoms with Gasteiger partial charge in [0.1, 0.15) is 5.60 Å². The molecule has 2 rings (SSSR count). The lowest BCUT2D eigenvalue weighted by Crippen LogP contribution is -2.27. The average molecular weight is 282 g/mol. The summed E-state index contributed by atoms with van der Waals surface area (Å²) >= 11 is 1.42. The van der Waals surface area contributed by atoms with Gasteiger partial charge in [-0.3, -0.25) is 0 Å². The molecule has 1 unspecified atom stereocenters. The second kappa shape index (κ2) is 4.62. The molecule has 1 aromatic carbocycles. The molecule has 1 N–H and O–H groups in total. The van der Waals surface area contributed by atoms with Crippen LogP contribution in [0.25, 0.3) is 0 Å². The Morgan fingerprint density at radius 2 is 2.06 bits per heavy atom. The third kappa shape index (κ3) is 2.72. The van der Waals surface area contributed by atoms with Crippen LogP contribution in [0, 0.1) is 5.82 Å². The number of hydrogen-bond donors (Lipinski definition) is 1. The van der Waals surface area contributed by atoms with Gasteiger partial charge in [-0.15, -0.1) is 13.2 Å². The second-order valence-corrected chi connectivity index (χ2v) is 5.10. The average Bonchev–Trinajstić information content (AvgIpc) is 2.67. The number of rotatable bonds is 2. The molecule has 100 valence electrons. The predicted octanol–water partition coefficient (Wildman–Crippen LogP) is 3.05. The van der Waals surface area contributed by atoms with E-state index >= 15 is 0 Å². The molecule has 0 spiro atoms. The molecule has 1 aliphatic heterocycles. The first-order chi connectivity index (χ1) is 8.32. The monoisotopic (exact) mass is 282 g/mol. The molecule has 18 heavy (non-hydrogen) atoms. The maximum atomic E-state index is 13.9. The highest BCUT2D eigenvalue weighted by atomic mass is 32.2. The fourth-order valence-corrected chi connectivity index (χ4v) is 3.10. The lowest BCUT2D eigenvalue weighted by molar-refractivity contribution is -0.275. The van der Waals surface area contributed by atoms with Gasteiger partial charge in [-0.05, 0) is 18.2 Å². The lowest BCUT2D eigenvalue weighted by Gasteiger charge is -2.23. The molecule has 1 fully saturated rings. The van der Waals surface area contributed by atoms with Crippen molar-refractivity contribution in [2.45, 2.75) is 18.4 Å². The predicted molar refractivity (Wildman–Crippen MR) is 58.9 cm³/mol. The van der Waals surface area contributed by atoms with E-state index in [1.165, 1.54) is 23.9 Å². The van der Waals surface area contributed by atoms with Gasteiger partial charge in [-0.2, -0.15) is 11.8 Å². The summed E-state index contributed by atoms with van der Waals surface area (Å²) in [6.07, 6.45) is -4.64. The molecule has 7 heteroatoms. The van der Waals surface area contributed by atoms with Gasteiger partial charge in [0.15, 0.2) is 11.6 Å². The third-order valence-electron chi connectivity index (χ3n) is 2.69. The van der Waals surface area contributed by atoms with E-state index in [-0.39, 0.29) is 11.3 Å². The smallest absolute Gasteiger partial charge is 0.403 e. The third-order valence-corrected chi connectivity index (χ3v) is 3.87. The molecule has 0 bridgehead atoms. The lowest BCUT2D eigenvalue weighted by atomic mass is 9.93. The fourth-order valence-electron chi connectivity index (χ4n) is 1.84. The summed E-state index contributed by atoms with van der Waals surface area (Å²) < 4.78 is 53.7. The largest absolute Gasteiger partial charge is 0.573 e.